The fourth-order valence-corrected chi connectivity index (χ4v) is 2.39. The smallest absolute Gasteiger partial charge is 0.410 e. The number of hydrogen-bond donors (Lipinski definition) is 0. The van der Waals surface area contributed by atoms with Crippen molar-refractivity contribution in [3.05, 3.63) is 0 Å². The zero-order chi connectivity index (χ0) is 13.2. The van der Waals surface area contributed by atoms with Gasteiger partial charge in [-0.1, -0.05) is 6.92 Å². The second-order valence-corrected chi connectivity index (χ2v) is 6.19. The van der Waals surface area contributed by atoms with Crippen molar-refractivity contribution < 1.29 is 9.53 Å². The average molecular weight is 242 g/mol. The van der Waals surface area contributed by atoms with Gasteiger partial charge in [0.25, 0.3) is 0 Å². The molecule has 0 saturated carbocycles. The minimum Gasteiger partial charge on any atom is -0.444 e. The Morgan fingerprint density at radius 3 is 2.47 bits per heavy atom. The predicted molar refractivity (Wildman–Crippen MR) is 69.1 cm³/mol. The lowest BCUT2D eigenvalue weighted by atomic mass is 9.93. The molecule has 17 heavy (non-hydrogen) atoms. The van der Waals surface area contributed by atoms with Crippen molar-refractivity contribution in [2.45, 2.75) is 45.8 Å². The first-order chi connectivity index (χ1) is 7.70. The molecule has 4 heteroatoms. The Bertz CT molecular complexity index is 273. The average Bonchev–Trinajstić information content (AvgIpc) is 2.14. The minimum absolute atomic E-state index is 0.209. The van der Waals surface area contributed by atoms with E-state index >= 15 is 0 Å². The summed E-state index contributed by atoms with van der Waals surface area (Å²) in [5.41, 5.74) is -0.417. The summed E-state index contributed by atoms with van der Waals surface area (Å²) in [6.07, 6.45) is 0.812. The van der Waals surface area contributed by atoms with Crippen molar-refractivity contribution in [3.63, 3.8) is 0 Å². The van der Waals surface area contributed by atoms with Crippen LogP contribution in [0.2, 0.25) is 0 Å². The molecule has 1 aliphatic heterocycles. The van der Waals surface area contributed by atoms with Gasteiger partial charge >= 0.3 is 6.09 Å². The van der Waals surface area contributed by atoms with E-state index in [1.807, 2.05) is 27.8 Å². The van der Waals surface area contributed by atoms with Gasteiger partial charge in [0.2, 0.25) is 0 Å². The molecule has 1 rings (SSSR count). The molecule has 1 heterocycles. The minimum atomic E-state index is -0.417. The Balaban J connectivity index is 2.57. The van der Waals surface area contributed by atoms with Crippen LogP contribution in [0.4, 0.5) is 4.79 Å². The van der Waals surface area contributed by atoms with E-state index in [0.717, 1.165) is 19.5 Å². The molecule has 100 valence electrons. The van der Waals surface area contributed by atoms with E-state index in [1.165, 1.54) is 0 Å². The standard InChI is InChI=1S/C13H26N2O2/c1-10-9-14(5)8-7-11(10)15(6)12(16)17-13(2,3)4/h10-11H,7-9H2,1-6H3. The normalized spacial score (nSPS) is 26.7. The molecule has 0 aliphatic carbocycles. The molecular weight excluding hydrogens is 216 g/mol. The van der Waals surface area contributed by atoms with Gasteiger partial charge in [-0.25, -0.2) is 4.79 Å². The molecule has 1 saturated heterocycles. The molecule has 4 nitrogen and oxygen atoms in total. The summed E-state index contributed by atoms with van der Waals surface area (Å²) in [6, 6.07) is 0.293. The van der Waals surface area contributed by atoms with Crippen LogP contribution < -0.4 is 0 Å². The van der Waals surface area contributed by atoms with Crippen LogP contribution in [0.3, 0.4) is 0 Å². The summed E-state index contributed by atoms with van der Waals surface area (Å²) >= 11 is 0. The van der Waals surface area contributed by atoms with Gasteiger partial charge in [-0.05, 0) is 46.7 Å². The fourth-order valence-electron chi connectivity index (χ4n) is 2.39. The van der Waals surface area contributed by atoms with Crippen LogP contribution in [0.1, 0.15) is 34.1 Å². The topological polar surface area (TPSA) is 32.8 Å². The lowest BCUT2D eigenvalue weighted by molar-refractivity contribution is 0.00796. The summed E-state index contributed by atoms with van der Waals surface area (Å²) in [5.74, 6) is 0.492. The SMILES string of the molecule is CC1CN(C)CCC1N(C)C(=O)OC(C)(C)C. The summed E-state index contributed by atoms with van der Waals surface area (Å²) < 4.78 is 5.40. The van der Waals surface area contributed by atoms with Crippen molar-refractivity contribution in [2.24, 2.45) is 5.92 Å². The summed E-state index contributed by atoms with van der Waals surface area (Å²) in [4.78, 5) is 16.1. The van der Waals surface area contributed by atoms with Crippen molar-refractivity contribution >= 4 is 6.09 Å². The molecule has 0 aromatic heterocycles. The van der Waals surface area contributed by atoms with Gasteiger partial charge < -0.3 is 14.5 Å². The highest BCUT2D eigenvalue weighted by Gasteiger charge is 2.32. The van der Waals surface area contributed by atoms with Gasteiger partial charge in [0, 0.05) is 19.6 Å². The first-order valence-electron chi connectivity index (χ1n) is 6.35. The van der Waals surface area contributed by atoms with Crippen molar-refractivity contribution in [1.82, 2.24) is 9.80 Å². The first-order valence-corrected chi connectivity index (χ1v) is 6.35. The maximum atomic E-state index is 12.0. The monoisotopic (exact) mass is 242 g/mol. The van der Waals surface area contributed by atoms with Crippen LogP contribution in [0.25, 0.3) is 0 Å². The molecule has 0 radical (unpaired) electrons. The maximum absolute atomic E-state index is 12.0. The number of piperidine rings is 1. The van der Waals surface area contributed by atoms with Crippen LogP contribution in [-0.4, -0.2) is 54.7 Å². The van der Waals surface area contributed by atoms with Crippen molar-refractivity contribution in [2.75, 3.05) is 27.2 Å². The number of hydrogen-bond acceptors (Lipinski definition) is 3. The Morgan fingerprint density at radius 2 is 2.00 bits per heavy atom. The third kappa shape index (κ3) is 4.19. The summed E-state index contributed by atoms with van der Waals surface area (Å²) in [7, 11) is 3.97. The lowest BCUT2D eigenvalue weighted by Gasteiger charge is -2.40. The lowest BCUT2D eigenvalue weighted by Crippen LogP contribution is -2.50. The van der Waals surface area contributed by atoms with Gasteiger partial charge in [0.15, 0.2) is 0 Å². The second-order valence-electron chi connectivity index (χ2n) is 6.19. The highest BCUT2D eigenvalue weighted by atomic mass is 16.6. The van der Waals surface area contributed by atoms with E-state index in [-0.39, 0.29) is 6.09 Å². The zero-order valence-corrected chi connectivity index (χ0v) is 12.0. The van der Waals surface area contributed by atoms with E-state index < -0.39 is 5.60 Å². The van der Waals surface area contributed by atoms with Gasteiger partial charge in [0.1, 0.15) is 5.60 Å². The molecule has 0 N–H and O–H groups in total. The van der Waals surface area contributed by atoms with Gasteiger partial charge in [-0.3, -0.25) is 0 Å². The number of nitrogens with zero attached hydrogens (tertiary/aromatic N) is 2. The largest absolute Gasteiger partial charge is 0.444 e. The summed E-state index contributed by atoms with van der Waals surface area (Å²) in [6.45, 7) is 9.98. The van der Waals surface area contributed by atoms with Crippen LogP contribution in [0, 0.1) is 5.92 Å². The van der Waals surface area contributed by atoms with E-state index in [4.69, 9.17) is 4.74 Å². The summed E-state index contributed by atoms with van der Waals surface area (Å²) in [5, 5.41) is 0. The Morgan fingerprint density at radius 1 is 1.41 bits per heavy atom. The molecule has 2 atom stereocenters. The molecule has 1 aliphatic rings. The molecule has 2 unspecified atom stereocenters. The third-order valence-electron chi connectivity index (χ3n) is 3.24. The number of carbonyl (C=O) groups excluding carboxylic acids is 1. The highest BCUT2D eigenvalue weighted by molar-refractivity contribution is 5.68. The number of amides is 1. The maximum Gasteiger partial charge on any atom is 0.410 e. The Kier molecular flexibility index (Phi) is 4.42. The number of carbonyl (C=O) groups is 1. The molecular formula is C13H26N2O2. The number of ether oxygens (including phenoxy) is 1. The molecule has 0 aromatic rings. The Labute approximate surface area is 105 Å². The predicted octanol–water partition coefficient (Wildman–Crippen LogP) is 2.19. The molecule has 1 fully saturated rings. The second kappa shape index (κ2) is 5.25. The highest BCUT2D eigenvalue weighted by Crippen LogP contribution is 2.22. The van der Waals surface area contributed by atoms with Gasteiger partial charge in [-0.2, -0.15) is 0 Å². The Hall–Kier alpha value is -0.770. The van der Waals surface area contributed by atoms with E-state index in [9.17, 15) is 4.79 Å². The first kappa shape index (κ1) is 14.3. The van der Waals surface area contributed by atoms with Crippen molar-refractivity contribution in [3.8, 4) is 0 Å². The van der Waals surface area contributed by atoms with Crippen LogP contribution >= 0.6 is 0 Å². The van der Waals surface area contributed by atoms with Crippen molar-refractivity contribution in [1.29, 1.82) is 0 Å². The van der Waals surface area contributed by atoms with Crippen LogP contribution in [0.15, 0.2) is 0 Å². The van der Waals surface area contributed by atoms with Crippen LogP contribution in [0.5, 0.6) is 0 Å². The van der Waals surface area contributed by atoms with Crippen LogP contribution in [-0.2, 0) is 4.74 Å². The molecule has 0 spiro atoms. The quantitative estimate of drug-likeness (QED) is 0.706. The van der Waals surface area contributed by atoms with E-state index in [1.54, 1.807) is 4.90 Å². The number of likely N-dealkylation sites (tertiary alicyclic amines) is 1. The molecule has 1 amide bonds. The zero-order valence-electron chi connectivity index (χ0n) is 12.0. The van der Waals surface area contributed by atoms with E-state index in [0.29, 0.717) is 12.0 Å². The van der Waals surface area contributed by atoms with Gasteiger partial charge in [0.05, 0.1) is 0 Å². The van der Waals surface area contributed by atoms with Gasteiger partial charge in [-0.15, -0.1) is 0 Å². The number of rotatable bonds is 1. The third-order valence-corrected chi connectivity index (χ3v) is 3.24. The molecule has 0 bridgehead atoms. The fraction of sp³-hybridized carbons (Fsp3) is 0.923. The van der Waals surface area contributed by atoms with E-state index in [2.05, 4.69) is 18.9 Å². The molecule has 0 aromatic carbocycles.